The topological polar surface area (TPSA) is 59.6 Å². The van der Waals surface area contributed by atoms with Gasteiger partial charge in [0, 0.05) is 23.3 Å². The summed E-state index contributed by atoms with van der Waals surface area (Å²) in [5.41, 5.74) is -0.0582. The fourth-order valence-electron chi connectivity index (χ4n) is 2.57. The van der Waals surface area contributed by atoms with Gasteiger partial charge in [0.15, 0.2) is 0 Å². The van der Waals surface area contributed by atoms with E-state index < -0.39 is 5.60 Å². The third-order valence-electron chi connectivity index (χ3n) is 3.72. The molecule has 1 fully saturated rings. The number of carbonyl (C=O) groups excluding carboxylic acids is 1. The van der Waals surface area contributed by atoms with E-state index in [2.05, 4.69) is 26.6 Å². The average Bonchev–Trinajstić information content (AvgIpc) is 2.46. The lowest BCUT2D eigenvalue weighted by atomic mass is 9.91. The molecular formula is C16H24BrClN2O3. The molecule has 2 rings (SSSR count). The van der Waals surface area contributed by atoms with Crippen LogP contribution in [0.15, 0.2) is 22.7 Å². The molecule has 1 saturated heterocycles. The lowest BCUT2D eigenvalue weighted by molar-refractivity contribution is -0.140. The van der Waals surface area contributed by atoms with Gasteiger partial charge in [-0.2, -0.15) is 0 Å². The highest BCUT2D eigenvalue weighted by Crippen LogP contribution is 2.28. The smallest absolute Gasteiger partial charge is 0.256 e. The van der Waals surface area contributed by atoms with E-state index in [0.29, 0.717) is 18.5 Å². The summed E-state index contributed by atoms with van der Waals surface area (Å²) >= 11 is 3.45. The minimum atomic E-state index is -0.757. The van der Waals surface area contributed by atoms with E-state index in [1.54, 1.807) is 7.11 Å². The van der Waals surface area contributed by atoms with Crippen molar-refractivity contribution in [3.63, 3.8) is 0 Å². The van der Waals surface area contributed by atoms with Gasteiger partial charge in [0.2, 0.25) is 0 Å². The minimum absolute atomic E-state index is 0. The van der Waals surface area contributed by atoms with E-state index in [-0.39, 0.29) is 24.4 Å². The molecule has 1 heterocycles. The van der Waals surface area contributed by atoms with Crippen LogP contribution in [-0.4, -0.2) is 37.8 Å². The predicted molar refractivity (Wildman–Crippen MR) is 97.6 cm³/mol. The number of anilines is 1. The van der Waals surface area contributed by atoms with Crippen LogP contribution in [0, 0.1) is 0 Å². The van der Waals surface area contributed by atoms with Gasteiger partial charge in [-0.15, -0.1) is 12.4 Å². The van der Waals surface area contributed by atoms with E-state index in [1.807, 2.05) is 32.0 Å². The number of hydrogen-bond acceptors (Lipinski definition) is 4. The molecule has 0 bridgehead atoms. The molecule has 0 unspecified atom stereocenters. The number of rotatable bonds is 5. The molecule has 1 aromatic rings. The van der Waals surface area contributed by atoms with Crippen molar-refractivity contribution in [1.82, 2.24) is 5.32 Å². The summed E-state index contributed by atoms with van der Waals surface area (Å²) in [7, 11) is 1.60. The van der Waals surface area contributed by atoms with Crippen LogP contribution in [0.1, 0.15) is 26.7 Å². The maximum absolute atomic E-state index is 12.6. The van der Waals surface area contributed by atoms with Gasteiger partial charge in [0.05, 0.1) is 6.10 Å². The van der Waals surface area contributed by atoms with Crippen molar-refractivity contribution in [2.45, 2.75) is 38.4 Å². The van der Waals surface area contributed by atoms with Gasteiger partial charge in [0.1, 0.15) is 11.4 Å². The van der Waals surface area contributed by atoms with Crippen LogP contribution in [0.3, 0.4) is 0 Å². The summed E-state index contributed by atoms with van der Waals surface area (Å²) in [5, 5.41) is 6.20. The Morgan fingerprint density at radius 2 is 1.96 bits per heavy atom. The summed E-state index contributed by atoms with van der Waals surface area (Å²) in [6.07, 6.45) is 1.41. The molecule has 23 heavy (non-hydrogen) atoms. The maximum atomic E-state index is 12.6. The third kappa shape index (κ3) is 5.35. The second-order valence-electron chi connectivity index (χ2n) is 5.74. The molecule has 0 radical (unpaired) electrons. The van der Waals surface area contributed by atoms with Crippen molar-refractivity contribution in [2.24, 2.45) is 0 Å². The van der Waals surface area contributed by atoms with Gasteiger partial charge in [0.25, 0.3) is 5.91 Å². The predicted octanol–water partition coefficient (Wildman–Crippen LogP) is 3.37. The monoisotopic (exact) mass is 406 g/mol. The number of carbonyl (C=O) groups is 1. The van der Waals surface area contributed by atoms with Crippen LogP contribution in [0.4, 0.5) is 5.69 Å². The molecule has 1 aromatic carbocycles. The van der Waals surface area contributed by atoms with Crippen LogP contribution >= 0.6 is 28.3 Å². The first-order chi connectivity index (χ1) is 10.4. The van der Waals surface area contributed by atoms with Gasteiger partial charge >= 0.3 is 0 Å². The number of halogens is 2. The maximum Gasteiger partial charge on any atom is 0.256 e. The van der Waals surface area contributed by atoms with E-state index in [0.717, 1.165) is 23.3 Å². The molecule has 1 aliphatic heterocycles. The quantitative estimate of drug-likeness (QED) is 0.786. The Kier molecular flexibility index (Phi) is 7.80. The van der Waals surface area contributed by atoms with Gasteiger partial charge < -0.3 is 20.1 Å². The van der Waals surface area contributed by atoms with Crippen molar-refractivity contribution < 1.29 is 14.3 Å². The molecule has 2 N–H and O–H groups in total. The molecule has 0 aliphatic carbocycles. The average molecular weight is 408 g/mol. The zero-order chi connectivity index (χ0) is 16.2. The van der Waals surface area contributed by atoms with Crippen LogP contribution in [0.2, 0.25) is 0 Å². The van der Waals surface area contributed by atoms with E-state index >= 15 is 0 Å². The fraction of sp³-hybridized carbons (Fsp3) is 0.562. The summed E-state index contributed by atoms with van der Waals surface area (Å²) in [6, 6.07) is 5.56. The molecule has 130 valence electrons. The zero-order valence-electron chi connectivity index (χ0n) is 13.6. The van der Waals surface area contributed by atoms with Crippen molar-refractivity contribution >= 4 is 39.9 Å². The van der Waals surface area contributed by atoms with E-state index in [9.17, 15) is 4.79 Å². The first-order valence-corrected chi connectivity index (χ1v) is 8.29. The first kappa shape index (κ1) is 20.2. The lowest BCUT2D eigenvalue weighted by Gasteiger charge is -2.34. The number of amides is 1. The molecule has 5 nitrogen and oxygen atoms in total. The zero-order valence-corrected chi connectivity index (χ0v) is 16.1. The molecule has 0 atom stereocenters. The fourth-order valence-corrected chi connectivity index (χ4v) is 3.05. The van der Waals surface area contributed by atoms with Crippen molar-refractivity contribution in [1.29, 1.82) is 0 Å². The number of piperidine rings is 1. The Morgan fingerprint density at radius 3 is 2.52 bits per heavy atom. The van der Waals surface area contributed by atoms with Crippen LogP contribution in [0.5, 0.6) is 5.75 Å². The van der Waals surface area contributed by atoms with Crippen LogP contribution in [-0.2, 0) is 9.53 Å². The Bertz CT molecular complexity index is 534. The Labute approximate surface area is 152 Å². The van der Waals surface area contributed by atoms with Gasteiger partial charge in [-0.05, 0) is 51.9 Å². The molecule has 1 aliphatic rings. The molecule has 7 heteroatoms. The number of ether oxygens (including phenoxy) is 2. The Balaban J connectivity index is 0.00000264. The van der Waals surface area contributed by atoms with Crippen molar-refractivity contribution in [3.8, 4) is 5.75 Å². The molecule has 0 saturated carbocycles. The lowest BCUT2D eigenvalue weighted by Crippen LogP contribution is -2.51. The highest BCUT2D eigenvalue weighted by atomic mass is 79.9. The second kappa shape index (κ2) is 8.87. The SMILES string of the molecule is COC1(C(=O)Nc2cc(Br)cc(OC(C)C)c2)CCNCC1.Cl. The standard InChI is InChI=1S/C16H23BrN2O3.ClH/c1-11(2)22-14-9-12(17)8-13(10-14)19-15(20)16(21-3)4-6-18-7-5-16;/h8-11,18H,4-7H2,1-3H3,(H,19,20);1H. The highest BCUT2D eigenvalue weighted by Gasteiger charge is 2.39. The second-order valence-corrected chi connectivity index (χ2v) is 6.66. The van der Waals surface area contributed by atoms with Crippen molar-refractivity contribution in [3.05, 3.63) is 22.7 Å². The normalized spacial score (nSPS) is 16.6. The summed E-state index contributed by atoms with van der Waals surface area (Å²) in [6.45, 7) is 5.49. The van der Waals surface area contributed by atoms with Crippen LogP contribution in [0.25, 0.3) is 0 Å². The number of hydrogen-bond donors (Lipinski definition) is 2. The van der Waals surface area contributed by atoms with Crippen LogP contribution < -0.4 is 15.4 Å². The molecule has 0 spiro atoms. The largest absolute Gasteiger partial charge is 0.491 e. The highest BCUT2D eigenvalue weighted by molar-refractivity contribution is 9.10. The van der Waals surface area contributed by atoms with E-state index in [4.69, 9.17) is 9.47 Å². The molecule has 0 aromatic heterocycles. The first-order valence-electron chi connectivity index (χ1n) is 7.50. The molecular weight excluding hydrogens is 384 g/mol. The Hall–Kier alpha value is -0.820. The van der Waals surface area contributed by atoms with Crippen molar-refractivity contribution in [2.75, 3.05) is 25.5 Å². The number of methoxy groups -OCH3 is 1. The third-order valence-corrected chi connectivity index (χ3v) is 4.17. The van der Waals surface area contributed by atoms with Gasteiger partial charge in [-0.25, -0.2) is 0 Å². The summed E-state index contributed by atoms with van der Waals surface area (Å²) in [5.74, 6) is 0.613. The molecule has 1 amide bonds. The van der Waals surface area contributed by atoms with Gasteiger partial charge in [-0.1, -0.05) is 15.9 Å². The minimum Gasteiger partial charge on any atom is -0.491 e. The van der Waals surface area contributed by atoms with E-state index in [1.165, 1.54) is 0 Å². The summed E-state index contributed by atoms with van der Waals surface area (Å²) < 4.78 is 12.1. The number of benzene rings is 1. The Morgan fingerprint density at radius 1 is 1.30 bits per heavy atom. The van der Waals surface area contributed by atoms with Gasteiger partial charge in [-0.3, -0.25) is 4.79 Å². The number of nitrogens with one attached hydrogen (secondary N) is 2. The summed E-state index contributed by atoms with van der Waals surface area (Å²) in [4.78, 5) is 12.6.